The molecule has 5 rings (SSSR count). The zero-order chi connectivity index (χ0) is 30.2. The van der Waals surface area contributed by atoms with Crippen LogP contribution in [-0.4, -0.2) is 67.4 Å². The molecule has 13 heteroatoms. The molecule has 2 aliphatic rings. The van der Waals surface area contributed by atoms with Gasteiger partial charge in [0.15, 0.2) is 11.6 Å². The van der Waals surface area contributed by atoms with E-state index >= 15 is 4.39 Å². The van der Waals surface area contributed by atoms with Crippen molar-refractivity contribution in [2.24, 2.45) is 10.6 Å². The summed E-state index contributed by atoms with van der Waals surface area (Å²) in [4.78, 5) is 37.5. The maximum Gasteiger partial charge on any atom is 0.240 e. The Bertz CT molecular complexity index is 1480. The van der Waals surface area contributed by atoms with Gasteiger partial charge in [-0.2, -0.15) is 0 Å². The van der Waals surface area contributed by atoms with Crippen molar-refractivity contribution in [1.82, 2.24) is 9.88 Å². The molecule has 1 aliphatic carbocycles. The van der Waals surface area contributed by atoms with E-state index in [-0.39, 0.29) is 23.0 Å². The van der Waals surface area contributed by atoms with Crippen LogP contribution >= 0.6 is 0 Å². The van der Waals surface area contributed by atoms with E-state index < -0.39 is 28.9 Å². The first-order valence-corrected chi connectivity index (χ1v) is 13.9. The van der Waals surface area contributed by atoms with Crippen molar-refractivity contribution in [2.75, 3.05) is 55.8 Å². The van der Waals surface area contributed by atoms with Gasteiger partial charge < -0.3 is 30.7 Å². The van der Waals surface area contributed by atoms with Crippen LogP contribution in [0.25, 0.3) is 0 Å². The third-order valence-electron chi connectivity index (χ3n) is 7.18. The van der Waals surface area contributed by atoms with Crippen molar-refractivity contribution in [3.8, 4) is 11.5 Å². The first kappa shape index (κ1) is 29.9. The van der Waals surface area contributed by atoms with Crippen LogP contribution in [0.5, 0.6) is 11.5 Å². The van der Waals surface area contributed by atoms with Crippen molar-refractivity contribution in [1.29, 1.82) is 0 Å². The number of carbonyl (C=O) groups excluding carboxylic acids is 2. The minimum atomic E-state index is -1.28. The number of oxime groups is 1. The number of anilines is 3. The number of rotatable bonds is 12. The molecule has 0 unspecified atom stereocenters. The van der Waals surface area contributed by atoms with Crippen LogP contribution in [0.3, 0.4) is 0 Å². The van der Waals surface area contributed by atoms with E-state index in [0.717, 1.165) is 45.3 Å². The number of nitrogen functional groups attached to an aromatic ring is 1. The fourth-order valence-electron chi connectivity index (χ4n) is 4.51. The van der Waals surface area contributed by atoms with Gasteiger partial charge in [-0.25, -0.2) is 13.8 Å². The second-order valence-corrected chi connectivity index (χ2v) is 10.2. The van der Waals surface area contributed by atoms with Crippen LogP contribution in [0.4, 0.5) is 26.0 Å². The topological polar surface area (TPSA) is 140 Å². The number of ether oxygens (including phenoxy) is 2. The molecule has 2 aromatic carbocycles. The average molecular weight is 595 g/mol. The fraction of sp³-hybridized carbons (Fsp3) is 0.333. The SMILES string of the molecule is Nc1nccc(Oc2ccc(NC(=O)C3(C(=O)Nc4ccc(F)cc4)CC3)cc2F)c1/C=N/OCCCN1CCOCC1. The van der Waals surface area contributed by atoms with E-state index in [1.807, 2.05) is 0 Å². The molecule has 2 amide bonds. The number of hydrogen-bond acceptors (Lipinski definition) is 9. The normalized spacial score (nSPS) is 16.0. The molecular formula is C30H32F2N6O5. The van der Waals surface area contributed by atoms with Gasteiger partial charge >= 0.3 is 0 Å². The molecule has 1 saturated carbocycles. The molecule has 2 fully saturated rings. The van der Waals surface area contributed by atoms with Crippen LogP contribution in [0.15, 0.2) is 59.9 Å². The molecule has 0 radical (unpaired) electrons. The Hall–Kier alpha value is -4.62. The molecule has 11 nitrogen and oxygen atoms in total. The zero-order valence-electron chi connectivity index (χ0n) is 23.4. The number of halogens is 2. The van der Waals surface area contributed by atoms with Crippen LogP contribution < -0.4 is 21.1 Å². The summed E-state index contributed by atoms with van der Waals surface area (Å²) >= 11 is 0. The average Bonchev–Trinajstić information content (AvgIpc) is 3.82. The van der Waals surface area contributed by atoms with Gasteiger partial charge in [-0.1, -0.05) is 5.16 Å². The van der Waals surface area contributed by atoms with Crippen LogP contribution in [-0.2, 0) is 19.2 Å². The number of pyridine rings is 1. The van der Waals surface area contributed by atoms with E-state index in [4.69, 9.17) is 20.0 Å². The third-order valence-corrected chi connectivity index (χ3v) is 7.18. The molecule has 1 aromatic heterocycles. The number of carbonyl (C=O) groups is 2. The van der Waals surface area contributed by atoms with Gasteiger partial charge in [0.05, 0.1) is 25.0 Å². The van der Waals surface area contributed by atoms with Crippen LogP contribution in [0, 0.1) is 17.0 Å². The Kier molecular flexibility index (Phi) is 9.42. The van der Waals surface area contributed by atoms with Gasteiger partial charge in [0.1, 0.15) is 29.4 Å². The molecule has 4 N–H and O–H groups in total. The highest BCUT2D eigenvalue weighted by atomic mass is 19.1. The predicted octanol–water partition coefficient (Wildman–Crippen LogP) is 4.16. The van der Waals surface area contributed by atoms with Gasteiger partial charge in [-0.05, 0) is 61.7 Å². The molecule has 1 aliphatic heterocycles. The second-order valence-electron chi connectivity index (χ2n) is 10.2. The summed E-state index contributed by atoms with van der Waals surface area (Å²) in [6.07, 6.45) is 4.24. The minimum absolute atomic E-state index is 0.121. The fourth-order valence-corrected chi connectivity index (χ4v) is 4.51. The Labute approximate surface area is 247 Å². The van der Waals surface area contributed by atoms with Gasteiger partial charge in [-0.15, -0.1) is 0 Å². The van der Waals surface area contributed by atoms with Crippen LogP contribution in [0.1, 0.15) is 24.8 Å². The van der Waals surface area contributed by atoms with Gasteiger partial charge in [-0.3, -0.25) is 14.5 Å². The van der Waals surface area contributed by atoms with Crippen LogP contribution in [0.2, 0.25) is 0 Å². The number of benzene rings is 2. The highest BCUT2D eigenvalue weighted by Gasteiger charge is 2.56. The Morgan fingerprint density at radius 2 is 1.72 bits per heavy atom. The molecule has 1 saturated heterocycles. The van der Waals surface area contributed by atoms with E-state index in [9.17, 15) is 14.0 Å². The molecule has 0 bridgehead atoms. The zero-order valence-corrected chi connectivity index (χ0v) is 23.4. The lowest BCUT2D eigenvalue weighted by Crippen LogP contribution is -2.37. The lowest BCUT2D eigenvalue weighted by Gasteiger charge is -2.26. The number of nitrogens with one attached hydrogen (secondary N) is 2. The Morgan fingerprint density at radius 1 is 1.02 bits per heavy atom. The number of nitrogens with zero attached hydrogens (tertiary/aromatic N) is 3. The first-order chi connectivity index (χ1) is 20.8. The number of nitrogens with two attached hydrogens (primary N) is 1. The van der Waals surface area contributed by atoms with Gasteiger partial charge in [0.25, 0.3) is 0 Å². The Balaban J connectivity index is 1.17. The molecule has 43 heavy (non-hydrogen) atoms. The van der Waals surface area contributed by atoms with Crippen molar-refractivity contribution in [3.05, 3.63) is 71.9 Å². The van der Waals surface area contributed by atoms with E-state index in [1.165, 1.54) is 54.9 Å². The summed E-state index contributed by atoms with van der Waals surface area (Å²) in [5.41, 5.74) is 5.56. The molecule has 226 valence electrons. The molecule has 3 aromatic rings. The van der Waals surface area contributed by atoms with Crippen molar-refractivity contribution >= 4 is 35.2 Å². The summed E-state index contributed by atoms with van der Waals surface area (Å²) in [5, 5.41) is 9.21. The summed E-state index contributed by atoms with van der Waals surface area (Å²) in [6, 6.07) is 10.6. The van der Waals surface area contributed by atoms with E-state index in [2.05, 4.69) is 25.7 Å². The number of aromatic nitrogens is 1. The predicted molar refractivity (Wildman–Crippen MR) is 156 cm³/mol. The van der Waals surface area contributed by atoms with E-state index in [0.29, 0.717) is 30.7 Å². The summed E-state index contributed by atoms with van der Waals surface area (Å²) < 4.78 is 39.3. The number of amides is 2. The minimum Gasteiger partial charge on any atom is -0.453 e. The van der Waals surface area contributed by atoms with Crippen molar-refractivity contribution in [2.45, 2.75) is 19.3 Å². The quantitative estimate of drug-likeness (QED) is 0.123. The smallest absolute Gasteiger partial charge is 0.240 e. The maximum absolute atomic E-state index is 15.1. The second kappa shape index (κ2) is 13.6. The molecule has 2 heterocycles. The molecular weight excluding hydrogens is 562 g/mol. The lowest BCUT2D eigenvalue weighted by atomic mass is 10.0. The summed E-state index contributed by atoms with van der Waals surface area (Å²) in [5.74, 6) is -2.07. The largest absolute Gasteiger partial charge is 0.453 e. The highest BCUT2D eigenvalue weighted by Crippen LogP contribution is 2.47. The first-order valence-electron chi connectivity index (χ1n) is 13.9. The van der Waals surface area contributed by atoms with Crippen molar-refractivity contribution < 1.29 is 32.7 Å². The maximum atomic E-state index is 15.1. The number of hydrogen-bond donors (Lipinski definition) is 3. The number of morpholine rings is 1. The third kappa shape index (κ3) is 7.62. The van der Waals surface area contributed by atoms with Crippen molar-refractivity contribution in [3.63, 3.8) is 0 Å². The highest BCUT2D eigenvalue weighted by molar-refractivity contribution is 6.16. The summed E-state index contributed by atoms with van der Waals surface area (Å²) in [7, 11) is 0. The molecule has 0 spiro atoms. The lowest BCUT2D eigenvalue weighted by molar-refractivity contribution is -0.131. The summed E-state index contributed by atoms with van der Waals surface area (Å²) in [6.45, 7) is 4.55. The van der Waals surface area contributed by atoms with Gasteiger partial charge in [0, 0.05) is 43.3 Å². The standard InChI is InChI=1S/C30H32F2N6O5/c31-20-2-4-21(5-3-20)36-28(39)30(9-10-30)29(40)37-22-6-7-26(24(32)18-22)43-25-8-11-34-27(33)23(25)19-35-42-15-1-12-38-13-16-41-17-14-38/h2-8,11,18-19H,1,9-10,12-17H2,(H2,33,34)(H,36,39)(H,37,40)/b35-19+. The van der Waals surface area contributed by atoms with E-state index in [1.54, 1.807) is 0 Å². The Morgan fingerprint density at radius 3 is 2.42 bits per heavy atom. The monoisotopic (exact) mass is 594 g/mol. The molecule has 0 atom stereocenters. The van der Waals surface area contributed by atoms with Gasteiger partial charge in [0.2, 0.25) is 11.8 Å².